The molecule has 0 aliphatic carbocycles. The average molecular weight is 285 g/mol. The van der Waals surface area contributed by atoms with Crippen molar-refractivity contribution in [3.63, 3.8) is 0 Å². The van der Waals surface area contributed by atoms with Gasteiger partial charge in [-0.05, 0) is 50.6 Å². The number of nitrogens with one attached hydrogen (secondary N) is 1. The largest absolute Gasteiger partial charge is 0.316 e. The molecule has 0 aliphatic rings. The van der Waals surface area contributed by atoms with Gasteiger partial charge in [-0.1, -0.05) is 42.0 Å². The fourth-order valence-electron chi connectivity index (χ4n) is 2.25. The third kappa shape index (κ3) is 4.39. The standard InChI is InChI=1S/C18H23NS/c1-14-7-6-10-18(11-14)20-13-17(19-3)12-16-9-5-4-8-15(16)2/h4-11,17,19H,12-13H2,1-3H3. The average Bonchev–Trinajstić information content (AvgIpc) is 2.45. The molecule has 0 amide bonds. The molecule has 1 atom stereocenters. The Morgan fingerprint density at radius 3 is 2.55 bits per heavy atom. The van der Waals surface area contributed by atoms with Crippen molar-refractivity contribution in [2.45, 2.75) is 31.2 Å². The molecule has 0 aliphatic heterocycles. The molecule has 2 heteroatoms. The Bertz CT molecular complexity index is 551. The van der Waals surface area contributed by atoms with Gasteiger partial charge in [0.05, 0.1) is 0 Å². The summed E-state index contributed by atoms with van der Waals surface area (Å²) in [5.74, 6) is 1.09. The molecule has 0 radical (unpaired) electrons. The van der Waals surface area contributed by atoms with E-state index in [4.69, 9.17) is 0 Å². The monoisotopic (exact) mass is 285 g/mol. The second-order valence-electron chi connectivity index (χ2n) is 5.24. The van der Waals surface area contributed by atoms with Gasteiger partial charge in [0.1, 0.15) is 0 Å². The van der Waals surface area contributed by atoms with Gasteiger partial charge in [0.2, 0.25) is 0 Å². The van der Waals surface area contributed by atoms with Gasteiger partial charge in [-0.15, -0.1) is 11.8 Å². The fraction of sp³-hybridized carbons (Fsp3) is 0.333. The molecule has 20 heavy (non-hydrogen) atoms. The van der Waals surface area contributed by atoms with Crippen molar-refractivity contribution in [2.75, 3.05) is 12.8 Å². The zero-order valence-electron chi connectivity index (χ0n) is 12.5. The highest BCUT2D eigenvalue weighted by atomic mass is 32.2. The minimum atomic E-state index is 0.501. The number of aryl methyl sites for hydroxylation is 2. The predicted octanol–water partition coefficient (Wildman–Crippen LogP) is 4.23. The second kappa shape index (κ2) is 7.51. The minimum Gasteiger partial charge on any atom is -0.316 e. The summed E-state index contributed by atoms with van der Waals surface area (Å²) >= 11 is 1.93. The molecule has 106 valence electrons. The number of hydrogen-bond acceptors (Lipinski definition) is 2. The van der Waals surface area contributed by atoms with E-state index in [1.54, 1.807) is 0 Å². The van der Waals surface area contributed by atoms with E-state index in [0.717, 1.165) is 12.2 Å². The first-order valence-electron chi connectivity index (χ1n) is 7.10. The summed E-state index contributed by atoms with van der Waals surface area (Å²) < 4.78 is 0. The summed E-state index contributed by atoms with van der Waals surface area (Å²) in [4.78, 5) is 1.36. The van der Waals surface area contributed by atoms with Crippen LogP contribution in [0.15, 0.2) is 53.4 Å². The first-order valence-corrected chi connectivity index (χ1v) is 8.09. The van der Waals surface area contributed by atoms with Crippen LogP contribution in [-0.4, -0.2) is 18.8 Å². The topological polar surface area (TPSA) is 12.0 Å². The lowest BCUT2D eigenvalue weighted by molar-refractivity contribution is 0.615. The molecule has 2 aromatic rings. The van der Waals surface area contributed by atoms with E-state index in [2.05, 4.69) is 74.7 Å². The summed E-state index contributed by atoms with van der Waals surface area (Å²) in [6.45, 7) is 4.34. The number of likely N-dealkylation sites (N-methyl/N-ethyl adjacent to an activating group) is 1. The van der Waals surface area contributed by atoms with E-state index < -0.39 is 0 Å². The molecule has 0 spiro atoms. The van der Waals surface area contributed by atoms with E-state index in [9.17, 15) is 0 Å². The van der Waals surface area contributed by atoms with E-state index in [0.29, 0.717) is 6.04 Å². The van der Waals surface area contributed by atoms with Crippen LogP contribution in [0.4, 0.5) is 0 Å². The third-order valence-electron chi connectivity index (χ3n) is 3.58. The number of hydrogen-bond donors (Lipinski definition) is 1. The summed E-state index contributed by atoms with van der Waals surface area (Å²) in [6, 6.07) is 17.9. The van der Waals surface area contributed by atoms with Crippen LogP contribution in [0.3, 0.4) is 0 Å². The SMILES string of the molecule is CNC(CSc1cccc(C)c1)Cc1ccccc1C. The molecule has 2 rings (SSSR count). The molecule has 0 heterocycles. The van der Waals surface area contributed by atoms with E-state index in [1.165, 1.54) is 21.6 Å². The molecule has 1 N–H and O–H groups in total. The van der Waals surface area contributed by atoms with Gasteiger partial charge in [0.25, 0.3) is 0 Å². The van der Waals surface area contributed by atoms with Gasteiger partial charge < -0.3 is 5.32 Å². The fourth-order valence-corrected chi connectivity index (χ4v) is 3.37. The summed E-state index contributed by atoms with van der Waals surface area (Å²) in [7, 11) is 2.06. The van der Waals surface area contributed by atoms with Crippen LogP contribution in [0.25, 0.3) is 0 Å². The molecule has 2 aromatic carbocycles. The van der Waals surface area contributed by atoms with E-state index in [-0.39, 0.29) is 0 Å². The van der Waals surface area contributed by atoms with Crippen molar-refractivity contribution in [3.8, 4) is 0 Å². The van der Waals surface area contributed by atoms with Crippen LogP contribution in [-0.2, 0) is 6.42 Å². The lowest BCUT2D eigenvalue weighted by Gasteiger charge is -2.17. The van der Waals surface area contributed by atoms with E-state index in [1.807, 2.05) is 11.8 Å². The highest BCUT2D eigenvalue weighted by molar-refractivity contribution is 7.99. The van der Waals surface area contributed by atoms with Gasteiger partial charge in [-0.3, -0.25) is 0 Å². The molecule has 0 aromatic heterocycles. The van der Waals surface area contributed by atoms with Gasteiger partial charge in [0.15, 0.2) is 0 Å². The second-order valence-corrected chi connectivity index (χ2v) is 6.34. The van der Waals surface area contributed by atoms with Gasteiger partial charge in [-0.25, -0.2) is 0 Å². The van der Waals surface area contributed by atoms with Crippen molar-refractivity contribution in [2.24, 2.45) is 0 Å². The highest BCUT2D eigenvalue weighted by Gasteiger charge is 2.09. The molecular weight excluding hydrogens is 262 g/mol. The summed E-state index contributed by atoms with van der Waals surface area (Å²) in [5, 5.41) is 3.44. The molecule has 0 saturated heterocycles. The van der Waals surface area contributed by atoms with Crippen molar-refractivity contribution in [3.05, 3.63) is 65.2 Å². The normalized spacial score (nSPS) is 12.3. The molecule has 0 saturated carbocycles. The Balaban J connectivity index is 1.94. The maximum absolute atomic E-state index is 3.44. The Morgan fingerprint density at radius 1 is 1.05 bits per heavy atom. The molecule has 1 unspecified atom stereocenters. The van der Waals surface area contributed by atoms with Gasteiger partial charge in [-0.2, -0.15) is 0 Å². The molecule has 0 bridgehead atoms. The summed E-state index contributed by atoms with van der Waals surface area (Å²) in [6.07, 6.45) is 1.09. The Labute approximate surface area is 126 Å². The molecule has 0 fully saturated rings. The first-order chi connectivity index (χ1) is 9.69. The maximum atomic E-state index is 3.44. The van der Waals surface area contributed by atoms with Crippen LogP contribution in [0.5, 0.6) is 0 Å². The quantitative estimate of drug-likeness (QED) is 0.797. The zero-order valence-corrected chi connectivity index (χ0v) is 13.3. The number of rotatable bonds is 6. The molecular formula is C18H23NS. The van der Waals surface area contributed by atoms with Gasteiger partial charge >= 0.3 is 0 Å². The zero-order chi connectivity index (χ0) is 14.4. The van der Waals surface area contributed by atoms with Crippen LogP contribution in [0.2, 0.25) is 0 Å². The lowest BCUT2D eigenvalue weighted by atomic mass is 10.0. The third-order valence-corrected chi connectivity index (χ3v) is 4.73. The predicted molar refractivity (Wildman–Crippen MR) is 89.6 cm³/mol. The number of thioether (sulfide) groups is 1. The van der Waals surface area contributed by atoms with Crippen molar-refractivity contribution >= 4 is 11.8 Å². The highest BCUT2D eigenvalue weighted by Crippen LogP contribution is 2.21. The smallest absolute Gasteiger partial charge is 0.0199 e. The Hall–Kier alpha value is -1.25. The van der Waals surface area contributed by atoms with Crippen LogP contribution >= 0.6 is 11.8 Å². The first kappa shape index (κ1) is 15.1. The van der Waals surface area contributed by atoms with Gasteiger partial charge in [0, 0.05) is 16.7 Å². The Kier molecular flexibility index (Phi) is 5.69. The van der Waals surface area contributed by atoms with Crippen LogP contribution < -0.4 is 5.32 Å². The minimum absolute atomic E-state index is 0.501. The number of benzene rings is 2. The van der Waals surface area contributed by atoms with Crippen molar-refractivity contribution in [1.82, 2.24) is 5.32 Å². The molecule has 1 nitrogen and oxygen atoms in total. The lowest BCUT2D eigenvalue weighted by Crippen LogP contribution is -2.30. The Morgan fingerprint density at radius 2 is 1.85 bits per heavy atom. The summed E-state index contributed by atoms with van der Waals surface area (Å²) in [5.41, 5.74) is 4.15. The van der Waals surface area contributed by atoms with Crippen molar-refractivity contribution < 1.29 is 0 Å². The van der Waals surface area contributed by atoms with Crippen LogP contribution in [0.1, 0.15) is 16.7 Å². The maximum Gasteiger partial charge on any atom is 0.0199 e. The van der Waals surface area contributed by atoms with E-state index >= 15 is 0 Å². The van der Waals surface area contributed by atoms with Crippen LogP contribution in [0, 0.1) is 13.8 Å². The van der Waals surface area contributed by atoms with Crippen molar-refractivity contribution in [1.29, 1.82) is 0 Å².